The van der Waals surface area contributed by atoms with E-state index in [-0.39, 0.29) is 17.4 Å². The molecule has 0 radical (unpaired) electrons. The van der Waals surface area contributed by atoms with Crippen LogP contribution in [0.1, 0.15) is 45.0 Å². The Labute approximate surface area is 153 Å². The first kappa shape index (κ1) is 19.7. The third-order valence-corrected chi connectivity index (χ3v) is 3.52. The average Bonchev–Trinajstić information content (AvgIpc) is 2.50. The van der Waals surface area contributed by atoms with Crippen molar-refractivity contribution in [1.82, 2.24) is 0 Å². The first-order valence-electron chi connectivity index (χ1n) is 8.39. The van der Waals surface area contributed by atoms with Crippen LogP contribution in [0.3, 0.4) is 0 Å². The van der Waals surface area contributed by atoms with Crippen LogP contribution in [-0.4, -0.2) is 37.0 Å². The summed E-state index contributed by atoms with van der Waals surface area (Å²) in [5.41, 5.74) is -0.611. The largest absolute Gasteiger partial charge is 0.507 e. The lowest BCUT2D eigenvalue weighted by Crippen LogP contribution is -2.23. The first-order chi connectivity index (χ1) is 12.1. The minimum absolute atomic E-state index is 0.0605. The number of carbonyl (C=O) groups excluding carboxylic acids is 1. The highest BCUT2D eigenvalue weighted by atomic mass is 16.6. The fraction of sp³-hybridized carbons (Fsp3) is 0.450. The Morgan fingerprint density at radius 2 is 1.65 bits per heavy atom. The molecule has 0 fully saturated rings. The predicted octanol–water partition coefficient (Wildman–Crippen LogP) is 4.31. The van der Waals surface area contributed by atoms with E-state index in [9.17, 15) is 9.90 Å². The van der Waals surface area contributed by atoms with Gasteiger partial charge in [0.05, 0.1) is 20.3 Å². The smallest absolute Gasteiger partial charge is 0.342 e. The Kier molecular flexibility index (Phi) is 5.54. The zero-order valence-corrected chi connectivity index (χ0v) is 16.3. The summed E-state index contributed by atoms with van der Waals surface area (Å²) >= 11 is 0. The fourth-order valence-corrected chi connectivity index (χ4v) is 2.60. The third kappa shape index (κ3) is 4.12. The van der Waals surface area contributed by atoms with Crippen molar-refractivity contribution in [3.8, 4) is 23.0 Å². The molecular weight excluding hydrogens is 336 g/mol. The minimum atomic E-state index is -0.671. The number of rotatable bonds is 5. The molecule has 0 saturated carbocycles. The molecule has 0 aliphatic carbocycles. The van der Waals surface area contributed by atoms with Crippen molar-refractivity contribution in [2.24, 2.45) is 0 Å². The van der Waals surface area contributed by atoms with Gasteiger partial charge < -0.3 is 24.1 Å². The van der Waals surface area contributed by atoms with Gasteiger partial charge in [0.2, 0.25) is 5.75 Å². The van der Waals surface area contributed by atoms with E-state index in [4.69, 9.17) is 18.9 Å². The maximum Gasteiger partial charge on any atom is 0.342 e. The van der Waals surface area contributed by atoms with E-state index in [0.717, 1.165) is 0 Å². The van der Waals surface area contributed by atoms with Crippen LogP contribution < -0.4 is 14.2 Å². The lowest BCUT2D eigenvalue weighted by molar-refractivity contribution is 0.00670. The predicted molar refractivity (Wildman–Crippen MR) is 99.6 cm³/mol. The molecule has 0 atom stereocenters. The minimum Gasteiger partial charge on any atom is -0.507 e. The van der Waals surface area contributed by atoms with Gasteiger partial charge in [-0.05, 0) is 58.2 Å². The van der Waals surface area contributed by atoms with Gasteiger partial charge in [0, 0.05) is 5.39 Å². The highest BCUT2D eigenvalue weighted by Crippen LogP contribution is 2.45. The second-order valence-electron chi connectivity index (χ2n) is 7.20. The van der Waals surface area contributed by atoms with Gasteiger partial charge in [-0.15, -0.1) is 0 Å². The standard InChI is InChI=1S/C20H26O6/c1-11(2)25-16-9-12-8-15(21)14(19(22)26-20(3,4)5)10-13(12)17(23-6)18(16)24-7/h8-11,21H,1-7H3. The molecule has 2 rings (SSSR count). The molecule has 142 valence electrons. The highest BCUT2D eigenvalue weighted by Gasteiger charge is 2.24. The molecule has 6 heteroatoms. The number of phenolic OH excluding ortho intramolecular Hbond substituents is 1. The van der Waals surface area contributed by atoms with Crippen molar-refractivity contribution < 1.29 is 28.8 Å². The zero-order chi connectivity index (χ0) is 19.6. The first-order valence-corrected chi connectivity index (χ1v) is 8.39. The van der Waals surface area contributed by atoms with E-state index in [1.54, 1.807) is 32.9 Å². The Hall–Kier alpha value is -2.63. The topological polar surface area (TPSA) is 74.2 Å². The van der Waals surface area contributed by atoms with Crippen LogP contribution in [0.2, 0.25) is 0 Å². The molecule has 0 spiro atoms. The second kappa shape index (κ2) is 7.32. The quantitative estimate of drug-likeness (QED) is 0.799. The van der Waals surface area contributed by atoms with E-state index in [2.05, 4.69) is 0 Å². The number of fused-ring (bicyclic) bond motifs is 1. The number of esters is 1. The molecule has 0 heterocycles. The van der Waals surface area contributed by atoms with E-state index >= 15 is 0 Å². The Balaban J connectivity index is 2.69. The summed E-state index contributed by atoms with van der Waals surface area (Å²) in [6.45, 7) is 9.10. The summed E-state index contributed by atoms with van der Waals surface area (Å²) in [5.74, 6) is 0.561. The monoisotopic (exact) mass is 362 g/mol. The molecule has 0 amide bonds. The lowest BCUT2D eigenvalue weighted by Gasteiger charge is -2.21. The van der Waals surface area contributed by atoms with Crippen molar-refractivity contribution in [2.45, 2.75) is 46.3 Å². The lowest BCUT2D eigenvalue weighted by atomic mass is 10.0. The maximum atomic E-state index is 12.4. The molecular formula is C20H26O6. The highest BCUT2D eigenvalue weighted by molar-refractivity contribution is 6.02. The molecule has 0 aromatic heterocycles. The summed E-state index contributed by atoms with van der Waals surface area (Å²) in [5, 5.41) is 11.6. The summed E-state index contributed by atoms with van der Waals surface area (Å²) < 4.78 is 22.1. The maximum absolute atomic E-state index is 12.4. The molecule has 0 saturated heterocycles. The number of phenols is 1. The van der Waals surface area contributed by atoms with Crippen LogP contribution in [0.15, 0.2) is 18.2 Å². The molecule has 2 aromatic carbocycles. The Morgan fingerprint density at radius 3 is 2.15 bits per heavy atom. The summed E-state index contributed by atoms with van der Waals surface area (Å²) in [6.07, 6.45) is -0.0688. The Morgan fingerprint density at radius 1 is 1.04 bits per heavy atom. The molecule has 0 aliphatic heterocycles. The second-order valence-corrected chi connectivity index (χ2v) is 7.20. The van der Waals surface area contributed by atoms with E-state index in [1.165, 1.54) is 20.3 Å². The average molecular weight is 362 g/mol. The summed E-state index contributed by atoms with van der Waals surface area (Å²) in [6, 6.07) is 4.78. The zero-order valence-electron chi connectivity index (χ0n) is 16.3. The number of aromatic hydroxyl groups is 1. The van der Waals surface area contributed by atoms with Gasteiger partial charge in [0.1, 0.15) is 16.9 Å². The van der Waals surface area contributed by atoms with E-state index < -0.39 is 11.6 Å². The fourth-order valence-electron chi connectivity index (χ4n) is 2.60. The van der Waals surface area contributed by atoms with E-state index in [1.807, 2.05) is 13.8 Å². The molecule has 0 unspecified atom stereocenters. The van der Waals surface area contributed by atoms with Gasteiger partial charge in [0.25, 0.3) is 0 Å². The third-order valence-electron chi connectivity index (χ3n) is 3.52. The van der Waals surface area contributed by atoms with Crippen LogP contribution in [0.5, 0.6) is 23.0 Å². The van der Waals surface area contributed by atoms with Crippen molar-refractivity contribution >= 4 is 16.7 Å². The van der Waals surface area contributed by atoms with Gasteiger partial charge >= 0.3 is 5.97 Å². The number of ether oxygens (including phenoxy) is 4. The number of carbonyl (C=O) groups is 1. The van der Waals surface area contributed by atoms with Crippen molar-refractivity contribution in [3.63, 3.8) is 0 Å². The van der Waals surface area contributed by atoms with Crippen molar-refractivity contribution in [2.75, 3.05) is 14.2 Å². The molecule has 0 aliphatic rings. The van der Waals surface area contributed by atoms with Gasteiger partial charge in [-0.2, -0.15) is 0 Å². The number of methoxy groups -OCH3 is 2. The molecule has 26 heavy (non-hydrogen) atoms. The Bertz CT molecular complexity index is 817. The molecule has 6 nitrogen and oxygen atoms in total. The summed E-state index contributed by atoms with van der Waals surface area (Å²) in [7, 11) is 3.03. The van der Waals surface area contributed by atoms with Crippen LogP contribution in [0, 0.1) is 0 Å². The van der Waals surface area contributed by atoms with Crippen LogP contribution in [0.25, 0.3) is 10.8 Å². The van der Waals surface area contributed by atoms with Gasteiger partial charge in [-0.25, -0.2) is 4.79 Å². The van der Waals surface area contributed by atoms with Gasteiger partial charge in [-0.1, -0.05) is 0 Å². The van der Waals surface area contributed by atoms with Crippen molar-refractivity contribution in [3.05, 3.63) is 23.8 Å². The SMILES string of the molecule is COc1c(OC(C)C)cc2cc(O)c(C(=O)OC(C)(C)C)cc2c1OC. The number of hydrogen-bond donors (Lipinski definition) is 1. The summed E-state index contributed by atoms with van der Waals surface area (Å²) in [4.78, 5) is 12.4. The van der Waals surface area contributed by atoms with Crippen LogP contribution >= 0.6 is 0 Å². The van der Waals surface area contributed by atoms with Crippen molar-refractivity contribution in [1.29, 1.82) is 0 Å². The molecule has 0 bridgehead atoms. The normalized spacial score (nSPS) is 11.5. The van der Waals surface area contributed by atoms with E-state index in [0.29, 0.717) is 28.0 Å². The number of hydrogen-bond acceptors (Lipinski definition) is 6. The van der Waals surface area contributed by atoms with Crippen LogP contribution in [0.4, 0.5) is 0 Å². The molecule has 2 aromatic rings. The number of benzene rings is 2. The molecule has 1 N–H and O–H groups in total. The van der Waals surface area contributed by atoms with Gasteiger partial charge in [-0.3, -0.25) is 0 Å². The van der Waals surface area contributed by atoms with Gasteiger partial charge in [0.15, 0.2) is 11.5 Å². The van der Waals surface area contributed by atoms with Crippen LogP contribution in [-0.2, 0) is 4.74 Å².